The molecule has 0 fully saturated rings. The fraction of sp³-hybridized carbons (Fsp3) is 0. The molecule has 0 bridgehead atoms. The molecule has 0 atom stereocenters. The van der Waals surface area contributed by atoms with Gasteiger partial charge in [0.1, 0.15) is 0 Å². The molecule has 0 unspecified atom stereocenters. The first-order chi connectivity index (χ1) is 8.91. The molecule has 0 heteroatoms. The van der Waals surface area contributed by atoms with E-state index in [0.717, 1.165) is 0 Å². The Bertz CT molecular complexity index is 743. The third kappa shape index (κ3) is 12.0. The Labute approximate surface area is 108 Å². The van der Waals surface area contributed by atoms with Crippen molar-refractivity contribution in [2.24, 2.45) is 0 Å². The summed E-state index contributed by atoms with van der Waals surface area (Å²) in [5.74, 6) is 37.1. The van der Waals surface area contributed by atoms with Crippen LogP contribution in [0.15, 0.2) is 0 Å². The minimum absolute atomic E-state index is 1.87. The average molecular weight is 216 g/mol. The number of hydrogen-bond acceptors (Lipinski definition) is 0. The van der Waals surface area contributed by atoms with E-state index in [1.54, 1.807) is 0 Å². The second-order valence-electron chi connectivity index (χ2n) is 2.00. The lowest BCUT2D eigenvalue weighted by molar-refractivity contribution is 2.33. The summed E-state index contributed by atoms with van der Waals surface area (Å²) in [5, 5.41) is 0. The topological polar surface area (TPSA) is 0 Å². The number of rotatable bonds is 0. The van der Waals surface area contributed by atoms with Crippen molar-refractivity contribution in [3.8, 4) is 94.7 Å². The van der Waals surface area contributed by atoms with E-state index < -0.39 is 0 Å². The van der Waals surface area contributed by atoms with Gasteiger partial charge in [0.25, 0.3) is 0 Å². The van der Waals surface area contributed by atoms with Crippen molar-refractivity contribution in [1.29, 1.82) is 0 Å². The second-order valence-corrected chi connectivity index (χ2v) is 2.00. The smallest absolute Gasteiger partial charge is 0.00000000684 e. The van der Waals surface area contributed by atoms with Crippen molar-refractivity contribution >= 4 is 0 Å². The van der Waals surface area contributed by atoms with Gasteiger partial charge in [0.2, 0.25) is 0 Å². The van der Waals surface area contributed by atoms with Crippen LogP contribution in [0.1, 0.15) is 0 Å². The molecule has 0 N–H and O–H groups in total. The lowest BCUT2D eigenvalue weighted by Crippen LogP contribution is -1.55. The van der Waals surface area contributed by atoms with Crippen molar-refractivity contribution in [2.45, 2.75) is 0 Å². The molecule has 0 nitrogen and oxygen atoms in total. The molecule has 0 radical (unpaired) electrons. The van der Waals surface area contributed by atoms with Crippen molar-refractivity contribution in [3.63, 3.8) is 0 Å². The number of hydrogen-bond donors (Lipinski definition) is 0. The maximum atomic E-state index is 6.47. The molecule has 0 aliphatic carbocycles. The third-order valence-electron chi connectivity index (χ3n) is 0.938. The molecule has 0 saturated heterocycles. The SMILES string of the molecule is [C-]#CC#CC#CC#CC#CC#CC#CC#CC#[C-]. The molecular formula is C18-2. The molecule has 0 saturated carbocycles. The van der Waals surface area contributed by atoms with E-state index in [0.29, 0.717) is 0 Å². The molecule has 0 aromatic carbocycles. The van der Waals surface area contributed by atoms with Crippen LogP contribution in [-0.2, 0) is 0 Å². The minimum atomic E-state index is 1.87. The van der Waals surface area contributed by atoms with Crippen LogP contribution in [0.2, 0.25) is 0 Å². The van der Waals surface area contributed by atoms with Crippen LogP contribution in [0.25, 0.3) is 0 Å². The van der Waals surface area contributed by atoms with Crippen molar-refractivity contribution in [2.75, 3.05) is 0 Å². The van der Waals surface area contributed by atoms with Gasteiger partial charge in [0, 0.05) is 0 Å². The largest absolute Gasteiger partial charge is 0.358 e. The van der Waals surface area contributed by atoms with Gasteiger partial charge in [-0.15, -0.1) is 11.8 Å². The van der Waals surface area contributed by atoms with Crippen LogP contribution in [0.3, 0.4) is 0 Å². The summed E-state index contributed by atoms with van der Waals surface area (Å²) in [6.45, 7) is 0. The molecule has 0 amide bonds. The molecule has 74 valence electrons. The summed E-state index contributed by atoms with van der Waals surface area (Å²) in [7, 11) is 0. The highest BCUT2D eigenvalue weighted by Gasteiger charge is 1.55. The van der Waals surface area contributed by atoms with Crippen LogP contribution in [-0.4, -0.2) is 0 Å². The van der Waals surface area contributed by atoms with Gasteiger partial charge in [-0.25, -0.2) is 11.8 Å². The van der Waals surface area contributed by atoms with Crippen molar-refractivity contribution < 1.29 is 0 Å². The first kappa shape index (κ1) is 14.0. The van der Waals surface area contributed by atoms with Gasteiger partial charge in [-0.2, -0.15) is 0 Å². The minimum Gasteiger partial charge on any atom is -0.358 e. The standard InChI is InChI=1S/C18/c1-3-5-7-9-11-13-15-17-18-16-14-12-10-8-6-4-2/q-2. The maximum Gasteiger partial charge on any atom is -0.00000000684 e. The predicted octanol–water partition coefficient (Wildman–Crippen LogP) is 0.190. The Morgan fingerprint density at radius 1 is 0.278 bits per heavy atom. The Kier molecular flexibility index (Phi) is 10.2. The van der Waals surface area contributed by atoms with Crippen LogP contribution < -0.4 is 0 Å². The highest BCUT2D eigenvalue weighted by Crippen LogP contribution is 1.57. The molecule has 0 rings (SSSR count). The van der Waals surface area contributed by atoms with E-state index >= 15 is 0 Å². The van der Waals surface area contributed by atoms with Crippen LogP contribution in [0.4, 0.5) is 0 Å². The zero-order valence-electron chi connectivity index (χ0n) is 9.00. The zero-order valence-corrected chi connectivity index (χ0v) is 9.00. The fourth-order valence-electron chi connectivity index (χ4n) is 0.438. The lowest BCUT2D eigenvalue weighted by atomic mass is 10.5. The van der Waals surface area contributed by atoms with Crippen molar-refractivity contribution in [1.82, 2.24) is 0 Å². The Hall–Kier alpha value is -3.96. The first-order valence-electron chi connectivity index (χ1n) is 4.25. The van der Waals surface area contributed by atoms with Gasteiger partial charge in [-0.3, -0.25) is 11.8 Å². The molecule has 0 aromatic heterocycles. The van der Waals surface area contributed by atoms with Crippen LogP contribution in [0, 0.1) is 108 Å². The zero-order chi connectivity index (χ0) is 13.3. The second kappa shape index (κ2) is 13.0. The fourth-order valence-corrected chi connectivity index (χ4v) is 0.438. The summed E-state index contributed by atoms with van der Waals surface area (Å²) in [6.07, 6.45) is 12.9. The van der Waals surface area contributed by atoms with Gasteiger partial charge in [0.05, 0.1) is 0 Å². The third-order valence-corrected chi connectivity index (χ3v) is 0.938. The van der Waals surface area contributed by atoms with E-state index in [9.17, 15) is 0 Å². The van der Waals surface area contributed by atoms with E-state index in [-0.39, 0.29) is 0 Å². The molecule has 0 aliphatic rings. The summed E-state index contributed by atoms with van der Waals surface area (Å²) in [5.41, 5.74) is 0. The van der Waals surface area contributed by atoms with Crippen LogP contribution >= 0.6 is 0 Å². The summed E-state index contributed by atoms with van der Waals surface area (Å²) >= 11 is 0. The summed E-state index contributed by atoms with van der Waals surface area (Å²) in [6, 6.07) is 0. The van der Waals surface area contributed by atoms with Gasteiger partial charge in [-0.05, 0) is 59.2 Å². The van der Waals surface area contributed by atoms with Crippen LogP contribution in [0.5, 0.6) is 0 Å². The lowest BCUT2D eigenvalue weighted by Gasteiger charge is -1.63. The van der Waals surface area contributed by atoms with Crippen molar-refractivity contribution in [3.05, 3.63) is 12.8 Å². The molecular weight excluding hydrogens is 216 g/mol. The van der Waals surface area contributed by atoms with E-state index in [4.69, 9.17) is 12.8 Å². The normalized spacial score (nSPS) is 3.67. The highest BCUT2D eigenvalue weighted by molar-refractivity contribution is 5.46. The van der Waals surface area contributed by atoms with Gasteiger partial charge in [-0.1, -0.05) is 0 Å². The van der Waals surface area contributed by atoms with E-state index in [2.05, 4.69) is 82.9 Å². The summed E-state index contributed by atoms with van der Waals surface area (Å²) < 4.78 is 0. The Balaban J connectivity index is 4.31. The van der Waals surface area contributed by atoms with E-state index in [1.807, 2.05) is 11.8 Å². The molecule has 0 spiro atoms. The molecule has 0 aliphatic heterocycles. The molecule has 0 heterocycles. The Morgan fingerprint density at radius 3 is 0.611 bits per heavy atom. The molecule has 0 aromatic rings. The maximum absolute atomic E-state index is 6.47. The Morgan fingerprint density at radius 2 is 0.444 bits per heavy atom. The molecule has 18 heavy (non-hydrogen) atoms. The predicted molar refractivity (Wildman–Crippen MR) is 68.7 cm³/mol. The van der Waals surface area contributed by atoms with E-state index in [1.165, 1.54) is 0 Å². The monoisotopic (exact) mass is 216 g/mol. The average Bonchev–Trinajstić information content (AvgIpc) is 2.39. The quantitative estimate of drug-likeness (QED) is 0.400. The first-order valence-corrected chi connectivity index (χ1v) is 4.25. The van der Waals surface area contributed by atoms with Gasteiger partial charge in [0.15, 0.2) is 0 Å². The van der Waals surface area contributed by atoms with Gasteiger partial charge < -0.3 is 12.8 Å². The highest BCUT2D eigenvalue weighted by atomic mass is 13.6. The summed E-state index contributed by atoms with van der Waals surface area (Å²) in [4.78, 5) is 0. The van der Waals surface area contributed by atoms with Gasteiger partial charge >= 0.3 is 0 Å².